The van der Waals surface area contributed by atoms with Gasteiger partial charge in [-0.1, -0.05) is 79.9 Å². The van der Waals surface area contributed by atoms with Gasteiger partial charge in [0.1, 0.15) is 0 Å². The molecule has 0 aromatic heterocycles. The lowest BCUT2D eigenvalue weighted by atomic mass is 9.87. The third-order valence-corrected chi connectivity index (χ3v) is 8.29. The third-order valence-electron chi connectivity index (χ3n) is 8.29. The highest BCUT2D eigenvalue weighted by molar-refractivity contribution is 5.82. The zero-order valence-corrected chi connectivity index (χ0v) is 23.6. The summed E-state index contributed by atoms with van der Waals surface area (Å²) < 4.78 is 0. The van der Waals surface area contributed by atoms with Crippen LogP contribution in [-0.4, -0.2) is 60.9 Å². The van der Waals surface area contributed by atoms with Crippen molar-refractivity contribution >= 4 is 17.8 Å². The Morgan fingerprint density at radius 2 is 1.62 bits per heavy atom. The summed E-state index contributed by atoms with van der Waals surface area (Å²) in [5.41, 5.74) is 13.4. The molecule has 1 aliphatic carbocycles. The topological polar surface area (TPSA) is 126 Å². The van der Waals surface area contributed by atoms with Gasteiger partial charge in [-0.25, -0.2) is 0 Å². The van der Waals surface area contributed by atoms with Gasteiger partial charge in [0, 0.05) is 44.6 Å². The molecule has 2 fully saturated rings. The van der Waals surface area contributed by atoms with Crippen LogP contribution >= 0.6 is 0 Å². The van der Waals surface area contributed by atoms with E-state index in [1.165, 1.54) is 30.4 Å². The van der Waals surface area contributed by atoms with Crippen LogP contribution in [0, 0.1) is 5.92 Å². The van der Waals surface area contributed by atoms with Crippen molar-refractivity contribution in [2.24, 2.45) is 22.4 Å². The molecule has 8 heteroatoms. The lowest BCUT2D eigenvalue weighted by molar-refractivity contribution is -0.133. The maximum absolute atomic E-state index is 13.9. The predicted octanol–water partition coefficient (Wildman–Crippen LogP) is 3.52. The molecule has 0 radical (unpaired) electrons. The van der Waals surface area contributed by atoms with Crippen molar-refractivity contribution in [3.05, 3.63) is 71.8 Å². The number of nitrogens with zero attached hydrogens (tertiary/aromatic N) is 2. The molecular formula is C32H46N6O2. The van der Waals surface area contributed by atoms with Crippen LogP contribution in [0.5, 0.6) is 0 Å². The van der Waals surface area contributed by atoms with E-state index in [1.54, 1.807) is 0 Å². The van der Waals surface area contributed by atoms with Gasteiger partial charge >= 0.3 is 0 Å². The first-order chi connectivity index (χ1) is 19.5. The smallest absolute Gasteiger partial charge is 0.239 e. The van der Waals surface area contributed by atoms with Gasteiger partial charge in [-0.3, -0.25) is 14.6 Å². The molecule has 2 amide bonds. The number of benzene rings is 2. The van der Waals surface area contributed by atoms with Crippen LogP contribution in [0.3, 0.4) is 0 Å². The Morgan fingerprint density at radius 1 is 0.975 bits per heavy atom. The molecule has 1 heterocycles. The minimum absolute atomic E-state index is 0.0178. The molecule has 2 aromatic rings. The molecule has 1 saturated heterocycles. The zero-order valence-electron chi connectivity index (χ0n) is 23.6. The van der Waals surface area contributed by atoms with Crippen molar-refractivity contribution in [2.75, 3.05) is 26.2 Å². The summed E-state index contributed by atoms with van der Waals surface area (Å²) in [5.74, 6) is 0.856. The van der Waals surface area contributed by atoms with E-state index >= 15 is 0 Å². The fourth-order valence-electron chi connectivity index (χ4n) is 6.09. The first kappa shape index (κ1) is 29.6. The van der Waals surface area contributed by atoms with Crippen molar-refractivity contribution in [3.63, 3.8) is 0 Å². The van der Waals surface area contributed by atoms with Crippen molar-refractivity contribution < 1.29 is 9.59 Å². The zero-order chi connectivity index (χ0) is 28.2. The number of hydrogen-bond donors (Lipinski definition) is 4. The van der Waals surface area contributed by atoms with Gasteiger partial charge in [0.05, 0.1) is 6.04 Å². The predicted molar refractivity (Wildman–Crippen MR) is 161 cm³/mol. The maximum Gasteiger partial charge on any atom is 0.239 e. The molecule has 8 nitrogen and oxygen atoms in total. The highest BCUT2D eigenvalue weighted by atomic mass is 16.2. The van der Waals surface area contributed by atoms with Gasteiger partial charge < -0.3 is 27.0 Å². The van der Waals surface area contributed by atoms with Crippen molar-refractivity contribution in [2.45, 2.75) is 75.8 Å². The number of carbonyl (C=O) groups excluding carboxylic acids is 2. The number of hydrogen-bond acceptors (Lipinski definition) is 4. The Labute approximate surface area is 239 Å². The molecule has 2 atom stereocenters. The highest BCUT2D eigenvalue weighted by Crippen LogP contribution is 2.28. The average molecular weight is 547 g/mol. The second-order valence-electron chi connectivity index (χ2n) is 11.3. The molecule has 216 valence electrons. The van der Waals surface area contributed by atoms with Crippen molar-refractivity contribution in [1.82, 2.24) is 15.5 Å². The Balaban J connectivity index is 1.45. The van der Waals surface area contributed by atoms with Crippen molar-refractivity contribution in [3.8, 4) is 0 Å². The van der Waals surface area contributed by atoms with E-state index in [0.717, 1.165) is 19.3 Å². The monoisotopic (exact) mass is 546 g/mol. The van der Waals surface area contributed by atoms with E-state index in [-0.39, 0.29) is 35.8 Å². The number of nitrogens with two attached hydrogens (primary N) is 2. The summed E-state index contributed by atoms with van der Waals surface area (Å²) in [6.45, 7) is 2.24. The van der Waals surface area contributed by atoms with Gasteiger partial charge in [0.15, 0.2) is 5.96 Å². The quantitative estimate of drug-likeness (QED) is 0.184. The standard InChI is InChI=1S/C32H46N6O2/c33-32(34)35-19-10-17-29-31(40)38(23-28(25-13-6-2-7-14-25)26-15-8-3-9-16-26)20-18-27(37-29)22-36-30(39)21-24-11-4-1-5-12-24/h2-3,6-9,13-16,24,27-29,37H,1,4-5,10-12,17-23H2,(H,36,39)(H4,33,34,35). The van der Waals surface area contributed by atoms with Crippen LogP contribution in [0.15, 0.2) is 65.7 Å². The van der Waals surface area contributed by atoms with E-state index in [0.29, 0.717) is 51.4 Å². The number of guanidine groups is 1. The summed E-state index contributed by atoms with van der Waals surface area (Å²) in [5, 5.41) is 6.74. The minimum Gasteiger partial charge on any atom is -0.370 e. The molecule has 0 bridgehead atoms. The number of carbonyl (C=O) groups is 2. The molecule has 2 aromatic carbocycles. The minimum atomic E-state index is -0.357. The van der Waals surface area contributed by atoms with Crippen molar-refractivity contribution in [1.29, 1.82) is 0 Å². The SMILES string of the molecule is NC(N)=NCCCC1NC(CNC(=O)CC2CCCCC2)CCN(CC(c2ccccc2)c2ccccc2)C1=O. The molecule has 1 saturated carbocycles. The fourth-order valence-corrected chi connectivity index (χ4v) is 6.09. The second-order valence-corrected chi connectivity index (χ2v) is 11.3. The van der Waals surface area contributed by atoms with Crippen LogP contribution in [0.1, 0.15) is 74.8 Å². The van der Waals surface area contributed by atoms with Gasteiger partial charge in [-0.05, 0) is 49.1 Å². The van der Waals surface area contributed by atoms with Gasteiger partial charge in [-0.15, -0.1) is 0 Å². The molecule has 2 unspecified atom stereocenters. The van der Waals surface area contributed by atoms with Crippen LogP contribution in [-0.2, 0) is 9.59 Å². The largest absolute Gasteiger partial charge is 0.370 e. The number of rotatable bonds is 12. The molecule has 40 heavy (non-hydrogen) atoms. The van der Waals surface area contributed by atoms with Gasteiger partial charge in [-0.2, -0.15) is 0 Å². The lowest BCUT2D eigenvalue weighted by Crippen LogP contribution is -2.49. The summed E-state index contributed by atoms with van der Waals surface area (Å²) in [4.78, 5) is 32.7. The Morgan fingerprint density at radius 3 is 2.25 bits per heavy atom. The maximum atomic E-state index is 13.9. The fraction of sp³-hybridized carbons (Fsp3) is 0.531. The molecule has 1 aliphatic heterocycles. The van der Waals surface area contributed by atoms with E-state index in [4.69, 9.17) is 11.5 Å². The van der Waals surface area contributed by atoms with Crippen LogP contribution in [0.25, 0.3) is 0 Å². The summed E-state index contributed by atoms with van der Waals surface area (Å²) in [6.07, 6.45) is 8.75. The summed E-state index contributed by atoms with van der Waals surface area (Å²) in [6, 6.07) is 20.4. The van der Waals surface area contributed by atoms with E-state index < -0.39 is 0 Å². The molecule has 6 N–H and O–H groups in total. The molecule has 4 rings (SSSR count). The van der Waals surface area contributed by atoms with Crippen LogP contribution in [0.2, 0.25) is 0 Å². The second kappa shape index (κ2) is 15.4. The van der Waals surface area contributed by atoms with Crippen LogP contribution < -0.4 is 22.1 Å². The number of nitrogens with one attached hydrogen (secondary N) is 2. The van der Waals surface area contributed by atoms with Gasteiger partial charge in [0.25, 0.3) is 0 Å². The summed E-state index contributed by atoms with van der Waals surface area (Å²) in [7, 11) is 0. The average Bonchev–Trinajstić information content (AvgIpc) is 3.12. The first-order valence-electron chi connectivity index (χ1n) is 15.0. The molecule has 2 aliphatic rings. The molecular weight excluding hydrogens is 500 g/mol. The lowest BCUT2D eigenvalue weighted by Gasteiger charge is -2.29. The normalized spacial score (nSPS) is 20.2. The van der Waals surface area contributed by atoms with E-state index in [1.807, 2.05) is 17.0 Å². The number of amides is 2. The Hall–Kier alpha value is -3.39. The third kappa shape index (κ3) is 9.08. The Bertz CT molecular complexity index is 1040. The van der Waals surface area contributed by atoms with Gasteiger partial charge in [0.2, 0.25) is 11.8 Å². The summed E-state index contributed by atoms with van der Waals surface area (Å²) >= 11 is 0. The Kier molecular flexibility index (Phi) is 11.4. The van der Waals surface area contributed by atoms with E-state index in [2.05, 4.69) is 64.2 Å². The highest BCUT2D eigenvalue weighted by Gasteiger charge is 2.32. The molecule has 0 spiro atoms. The van der Waals surface area contributed by atoms with E-state index in [9.17, 15) is 9.59 Å². The van der Waals surface area contributed by atoms with Crippen LogP contribution in [0.4, 0.5) is 0 Å². The number of aliphatic imine (C=N–C) groups is 1. The first-order valence-corrected chi connectivity index (χ1v) is 15.0.